The Kier molecular flexibility index (Phi) is 9.73. The fourth-order valence-corrected chi connectivity index (χ4v) is 6.40. The van der Waals surface area contributed by atoms with E-state index in [-0.39, 0.29) is 30.1 Å². The lowest BCUT2D eigenvalue weighted by Crippen LogP contribution is -2.44. The van der Waals surface area contributed by atoms with E-state index in [1.807, 2.05) is 45.0 Å². The molecular formula is C33H39BrN8O3. The molecule has 0 bridgehead atoms. The molecule has 2 unspecified atom stereocenters. The fraction of sp³-hybridized carbons (Fsp3) is 0.424. The zero-order valence-electron chi connectivity index (χ0n) is 26.6. The van der Waals surface area contributed by atoms with Gasteiger partial charge in [0.2, 0.25) is 11.8 Å². The van der Waals surface area contributed by atoms with E-state index in [9.17, 15) is 14.4 Å². The number of rotatable bonds is 10. The number of anilines is 1. The van der Waals surface area contributed by atoms with Gasteiger partial charge in [-0.25, -0.2) is 15.0 Å². The fourth-order valence-electron chi connectivity index (χ4n) is 6.09. The number of hydrogen-bond donors (Lipinski definition) is 1. The van der Waals surface area contributed by atoms with Gasteiger partial charge in [-0.05, 0) is 97.0 Å². The van der Waals surface area contributed by atoms with Gasteiger partial charge in [-0.15, -0.1) is 0 Å². The van der Waals surface area contributed by atoms with Crippen LogP contribution in [-0.4, -0.2) is 84.4 Å². The average Bonchev–Trinajstić information content (AvgIpc) is 3.60. The molecule has 1 N–H and O–H groups in total. The second-order valence-corrected chi connectivity index (χ2v) is 12.5. The van der Waals surface area contributed by atoms with Crippen LogP contribution in [0.2, 0.25) is 0 Å². The normalized spacial score (nSPS) is 16.5. The van der Waals surface area contributed by atoms with Gasteiger partial charge in [0.1, 0.15) is 34.5 Å². The number of Topliss-reactive ketones (excluding diaryl/α,β-unsaturated/α-hetero) is 1. The van der Waals surface area contributed by atoms with Crippen LogP contribution in [0.3, 0.4) is 0 Å². The number of carbonyl (C=O) groups is 3. The maximum absolute atomic E-state index is 14.1. The molecule has 45 heavy (non-hydrogen) atoms. The standard InChI is InChI=1S/C33H39BrN8O3/c1-7-40(8-2)16-23-12-27(33(45)38-32-19(3)9-10-28(34)37-32)41(17-23)29(44)18-42-31-20(4)11-24(25-14-35-22(6)36-15-25)13-26(31)30(39-42)21(5)43/h9-11,13-15,23,27H,7-8,12,16-18H2,1-6H3,(H,37,38,45). The van der Waals surface area contributed by atoms with Crippen LogP contribution in [0.5, 0.6) is 0 Å². The molecule has 0 spiro atoms. The van der Waals surface area contributed by atoms with Crippen molar-refractivity contribution in [3.63, 3.8) is 0 Å². The molecular weight excluding hydrogens is 636 g/mol. The van der Waals surface area contributed by atoms with Gasteiger partial charge in [0.05, 0.1) is 5.52 Å². The smallest absolute Gasteiger partial charge is 0.248 e. The van der Waals surface area contributed by atoms with Gasteiger partial charge in [0.15, 0.2) is 5.78 Å². The molecule has 4 heterocycles. The molecule has 1 saturated heterocycles. The van der Waals surface area contributed by atoms with Crippen LogP contribution in [0.25, 0.3) is 22.0 Å². The third-order valence-electron chi connectivity index (χ3n) is 8.49. The van der Waals surface area contributed by atoms with Crippen molar-refractivity contribution in [1.29, 1.82) is 0 Å². The third-order valence-corrected chi connectivity index (χ3v) is 8.93. The highest BCUT2D eigenvalue weighted by Crippen LogP contribution is 2.31. The maximum atomic E-state index is 14.1. The number of pyridine rings is 1. The van der Waals surface area contributed by atoms with Gasteiger partial charge in [-0.2, -0.15) is 5.10 Å². The summed E-state index contributed by atoms with van der Waals surface area (Å²) in [6, 6.07) is 6.92. The predicted octanol–water partition coefficient (Wildman–Crippen LogP) is 4.98. The van der Waals surface area contributed by atoms with E-state index < -0.39 is 6.04 Å². The second kappa shape index (κ2) is 13.5. The van der Waals surface area contributed by atoms with Crippen molar-refractivity contribution < 1.29 is 14.4 Å². The highest BCUT2D eigenvalue weighted by atomic mass is 79.9. The highest BCUT2D eigenvalue weighted by Gasteiger charge is 2.40. The summed E-state index contributed by atoms with van der Waals surface area (Å²) in [5, 5.41) is 8.25. The number of halogens is 1. The van der Waals surface area contributed by atoms with Gasteiger partial charge in [0.25, 0.3) is 0 Å². The summed E-state index contributed by atoms with van der Waals surface area (Å²) in [6.45, 7) is 14.3. The Morgan fingerprint density at radius 2 is 1.73 bits per heavy atom. The second-order valence-electron chi connectivity index (χ2n) is 11.7. The first-order valence-corrected chi connectivity index (χ1v) is 16.0. The summed E-state index contributed by atoms with van der Waals surface area (Å²) in [5.74, 6) is 0.565. The molecule has 11 nitrogen and oxygen atoms in total. The first kappa shape index (κ1) is 32.4. The van der Waals surface area contributed by atoms with Gasteiger partial charge >= 0.3 is 0 Å². The Balaban J connectivity index is 1.47. The zero-order valence-corrected chi connectivity index (χ0v) is 28.2. The van der Waals surface area contributed by atoms with E-state index >= 15 is 0 Å². The van der Waals surface area contributed by atoms with Crippen molar-refractivity contribution in [3.05, 3.63) is 63.9 Å². The molecule has 0 radical (unpaired) electrons. The van der Waals surface area contributed by atoms with Gasteiger partial charge < -0.3 is 15.1 Å². The Morgan fingerprint density at radius 1 is 1.02 bits per heavy atom. The minimum Gasteiger partial charge on any atom is -0.329 e. The number of carbonyl (C=O) groups excluding carboxylic acids is 3. The lowest BCUT2D eigenvalue weighted by atomic mass is 10.0. The molecule has 236 valence electrons. The summed E-state index contributed by atoms with van der Waals surface area (Å²) in [7, 11) is 0. The van der Waals surface area contributed by atoms with Crippen LogP contribution >= 0.6 is 15.9 Å². The first-order chi connectivity index (χ1) is 21.5. The monoisotopic (exact) mass is 674 g/mol. The van der Waals surface area contributed by atoms with Crippen LogP contribution in [0, 0.1) is 26.7 Å². The summed E-state index contributed by atoms with van der Waals surface area (Å²) in [4.78, 5) is 57.6. The minimum atomic E-state index is -0.665. The Bertz CT molecular complexity index is 1750. The van der Waals surface area contributed by atoms with Crippen LogP contribution < -0.4 is 5.32 Å². The third kappa shape index (κ3) is 6.96. The number of ketones is 1. The molecule has 1 aliphatic heterocycles. The molecule has 2 amide bonds. The summed E-state index contributed by atoms with van der Waals surface area (Å²) >= 11 is 3.38. The molecule has 4 aromatic rings. The van der Waals surface area contributed by atoms with Crippen molar-refractivity contribution in [2.24, 2.45) is 5.92 Å². The van der Waals surface area contributed by atoms with Crippen molar-refractivity contribution in [3.8, 4) is 11.1 Å². The van der Waals surface area contributed by atoms with Gasteiger partial charge in [0, 0.05) is 43.4 Å². The number of aryl methyl sites for hydroxylation is 3. The number of nitrogens with one attached hydrogen (secondary N) is 1. The SMILES string of the molecule is CCN(CC)CC1CC(C(=O)Nc2nc(Br)ccc2C)N(C(=O)Cn2nc(C(C)=O)c3cc(-c4cnc(C)nc4)cc(C)c32)C1. The van der Waals surface area contributed by atoms with Crippen molar-refractivity contribution in [2.45, 2.75) is 60.5 Å². The Labute approximate surface area is 271 Å². The zero-order chi connectivity index (χ0) is 32.4. The van der Waals surface area contributed by atoms with E-state index in [2.05, 4.69) is 60.0 Å². The number of nitrogens with zero attached hydrogens (tertiary/aromatic N) is 7. The van der Waals surface area contributed by atoms with Crippen molar-refractivity contribution in [1.82, 2.24) is 34.5 Å². The van der Waals surface area contributed by atoms with Gasteiger partial charge in [-0.1, -0.05) is 19.9 Å². The molecule has 12 heteroatoms. The van der Waals surface area contributed by atoms with E-state index in [1.54, 1.807) is 22.0 Å². The number of likely N-dealkylation sites (tertiary alicyclic amines) is 1. The largest absolute Gasteiger partial charge is 0.329 e. The molecule has 5 rings (SSSR count). The summed E-state index contributed by atoms with van der Waals surface area (Å²) in [6.07, 6.45) is 4.05. The minimum absolute atomic E-state index is 0.104. The highest BCUT2D eigenvalue weighted by molar-refractivity contribution is 9.10. The predicted molar refractivity (Wildman–Crippen MR) is 177 cm³/mol. The number of hydrogen-bond acceptors (Lipinski definition) is 8. The molecule has 0 aliphatic carbocycles. The lowest BCUT2D eigenvalue weighted by Gasteiger charge is -2.25. The van der Waals surface area contributed by atoms with E-state index in [0.717, 1.165) is 41.9 Å². The number of benzene rings is 1. The van der Waals surface area contributed by atoms with E-state index in [0.29, 0.717) is 45.8 Å². The quantitative estimate of drug-likeness (QED) is 0.185. The molecule has 1 fully saturated rings. The summed E-state index contributed by atoms with van der Waals surface area (Å²) in [5.41, 5.74) is 4.38. The average molecular weight is 676 g/mol. The topological polar surface area (TPSA) is 126 Å². The molecule has 0 saturated carbocycles. The van der Waals surface area contributed by atoms with Crippen LogP contribution in [0.15, 0.2) is 41.3 Å². The van der Waals surface area contributed by atoms with Crippen LogP contribution in [0.1, 0.15) is 54.6 Å². The Hall–Kier alpha value is -4.03. The first-order valence-electron chi connectivity index (χ1n) is 15.3. The number of amides is 2. The van der Waals surface area contributed by atoms with E-state index in [1.165, 1.54) is 6.92 Å². The molecule has 1 aromatic carbocycles. The lowest BCUT2D eigenvalue weighted by molar-refractivity contribution is -0.137. The van der Waals surface area contributed by atoms with Crippen molar-refractivity contribution in [2.75, 3.05) is 31.5 Å². The maximum Gasteiger partial charge on any atom is 0.248 e. The van der Waals surface area contributed by atoms with E-state index in [4.69, 9.17) is 0 Å². The van der Waals surface area contributed by atoms with Crippen molar-refractivity contribution >= 4 is 50.2 Å². The van der Waals surface area contributed by atoms with Crippen LogP contribution in [0.4, 0.5) is 5.82 Å². The van der Waals surface area contributed by atoms with Gasteiger partial charge in [-0.3, -0.25) is 19.1 Å². The molecule has 1 aliphatic rings. The summed E-state index contributed by atoms with van der Waals surface area (Å²) < 4.78 is 2.22. The molecule has 3 aromatic heterocycles. The Morgan fingerprint density at radius 3 is 2.40 bits per heavy atom. The van der Waals surface area contributed by atoms with Crippen LogP contribution in [-0.2, 0) is 16.1 Å². The molecule has 2 atom stereocenters. The number of fused-ring (bicyclic) bond motifs is 1. The number of aromatic nitrogens is 5.